The van der Waals surface area contributed by atoms with Crippen LogP contribution in [0.25, 0.3) is 10.1 Å². The van der Waals surface area contributed by atoms with Gasteiger partial charge in [0.15, 0.2) is 0 Å². The first kappa shape index (κ1) is 16.4. The van der Waals surface area contributed by atoms with Gasteiger partial charge >= 0.3 is 0 Å². The monoisotopic (exact) mass is 334 g/mol. The Morgan fingerprint density at radius 1 is 1.39 bits per heavy atom. The number of nitrogens with one attached hydrogen (secondary N) is 1. The van der Waals surface area contributed by atoms with Gasteiger partial charge in [-0.3, -0.25) is 4.79 Å². The summed E-state index contributed by atoms with van der Waals surface area (Å²) < 4.78 is 14.4. The van der Waals surface area contributed by atoms with Gasteiger partial charge in [-0.2, -0.15) is 0 Å². The van der Waals surface area contributed by atoms with Crippen LogP contribution in [0.2, 0.25) is 0 Å². The van der Waals surface area contributed by atoms with E-state index in [1.165, 1.54) is 23.5 Å². The maximum absolute atomic E-state index is 13.4. The van der Waals surface area contributed by atoms with Crippen LogP contribution in [-0.4, -0.2) is 37.0 Å². The molecule has 3 rings (SSSR count). The van der Waals surface area contributed by atoms with Crippen molar-refractivity contribution in [3.63, 3.8) is 0 Å². The average molecular weight is 334 g/mol. The first-order chi connectivity index (χ1) is 11.1. The lowest BCUT2D eigenvalue weighted by atomic mass is 9.96. The maximum Gasteiger partial charge on any atom is 0.264 e. The molecule has 1 fully saturated rings. The lowest BCUT2D eigenvalue weighted by molar-refractivity contribution is 0.0694. The summed E-state index contributed by atoms with van der Waals surface area (Å²) in [6, 6.07) is 4.75. The van der Waals surface area contributed by atoms with Gasteiger partial charge in [0.05, 0.1) is 4.88 Å². The SMILES string of the molecule is CCNCC1CCN(C(=O)c2sc3ccc(F)cc3c2C)CC1. The predicted molar refractivity (Wildman–Crippen MR) is 93.7 cm³/mol. The van der Waals surface area contributed by atoms with Crippen molar-refractivity contribution in [2.75, 3.05) is 26.2 Å². The number of aryl methyl sites for hydroxylation is 1. The van der Waals surface area contributed by atoms with Gasteiger partial charge in [-0.25, -0.2) is 4.39 Å². The van der Waals surface area contributed by atoms with Gasteiger partial charge in [-0.15, -0.1) is 11.3 Å². The van der Waals surface area contributed by atoms with Crippen LogP contribution in [-0.2, 0) is 0 Å². The summed E-state index contributed by atoms with van der Waals surface area (Å²) in [5.74, 6) is 0.518. The molecule has 0 saturated carbocycles. The number of hydrogen-bond acceptors (Lipinski definition) is 3. The quantitative estimate of drug-likeness (QED) is 0.922. The third kappa shape index (κ3) is 3.40. The minimum Gasteiger partial charge on any atom is -0.338 e. The molecule has 0 spiro atoms. The predicted octanol–water partition coefficient (Wildman–Crippen LogP) is 3.81. The average Bonchev–Trinajstić information content (AvgIpc) is 2.89. The minimum absolute atomic E-state index is 0.103. The molecule has 0 atom stereocenters. The number of thiophene rings is 1. The zero-order chi connectivity index (χ0) is 16.4. The molecule has 1 aromatic heterocycles. The van der Waals surface area contributed by atoms with E-state index >= 15 is 0 Å². The van der Waals surface area contributed by atoms with E-state index < -0.39 is 0 Å². The summed E-state index contributed by atoms with van der Waals surface area (Å²) in [7, 11) is 0. The molecule has 1 saturated heterocycles. The lowest BCUT2D eigenvalue weighted by Gasteiger charge is -2.32. The van der Waals surface area contributed by atoms with Gasteiger partial charge in [0, 0.05) is 17.8 Å². The molecule has 2 aromatic rings. The summed E-state index contributed by atoms with van der Waals surface area (Å²) in [6.45, 7) is 7.71. The molecule has 0 aliphatic carbocycles. The normalized spacial score (nSPS) is 16.2. The summed E-state index contributed by atoms with van der Waals surface area (Å²) >= 11 is 1.48. The van der Waals surface area contributed by atoms with Gasteiger partial charge in [0.25, 0.3) is 5.91 Å². The fourth-order valence-corrected chi connectivity index (χ4v) is 4.39. The van der Waals surface area contributed by atoms with Crippen LogP contribution < -0.4 is 5.32 Å². The number of likely N-dealkylation sites (tertiary alicyclic amines) is 1. The summed E-state index contributed by atoms with van der Waals surface area (Å²) in [6.07, 6.45) is 2.11. The number of hydrogen-bond donors (Lipinski definition) is 1. The van der Waals surface area contributed by atoms with Crippen molar-refractivity contribution in [2.24, 2.45) is 5.92 Å². The fraction of sp³-hybridized carbons (Fsp3) is 0.500. The molecule has 1 aliphatic rings. The topological polar surface area (TPSA) is 32.3 Å². The third-order valence-corrected chi connectivity index (χ3v) is 5.94. The van der Waals surface area contributed by atoms with E-state index in [0.29, 0.717) is 5.92 Å². The van der Waals surface area contributed by atoms with E-state index in [9.17, 15) is 9.18 Å². The molecule has 1 aliphatic heterocycles. The summed E-state index contributed by atoms with van der Waals surface area (Å²) in [5, 5.41) is 4.25. The van der Waals surface area contributed by atoms with Crippen molar-refractivity contribution in [1.82, 2.24) is 10.2 Å². The molecule has 0 unspecified atom stereocenters. The summed E-state index contributed by atoms with van der Waals surface area (Å²) in [5.41, 5.74) is 0.907. The van der Waals surface area contributed by atoms with Crippen LogP contribution in [0, 0.1) is 18.7 Å². The Balaban J connectivity index is 1.73. The first-order valence-corrected chi connectivity index (χ1v) is 9.10. The molecule has 5 heteroatoms. The minimum atomic E-state index is -0.248. The lowest BCUT2D eigenvalue weighted by Crippen LogP contribution is -2.40. The number of amides is 1. The molecule has 3 nitrogen and oxygen atoms in total. The van der Waals surface area contributed by atoms with E-state index in [4.69, 9.17) is 0 Å². The number of carbonyl (C=O) groups is 1. The number of halogens is 1. The van der Waals surface area contributed by atoms with E-state index in [1.54, 1.807) is 6.07 Å². The van der Waals surface area contributed by atoms with Gasteiger partial charge in [0.1, 0.15) is 5.82 Å². The number of carbonyl (C=O) groups excluding carboxylic acids is 1. The van der Waals surface area contributed by atoms with E-state index in [0.717, 1.165) is 59.5 Å². The van der Waals surface area contributed by atoms with Gasteiger partial charge in [-0.05, 0) is 67.9 Å². The number of rotatable bonds is 4. The van der Waals surface area contributed by atoms with Crippen LogP contribution in [0.15, 0.2) is 18.2 Å². The molecule has 2 heterocycles. The summed E-state index contributed by atoms with van der Waals surface area (Å²) in [4.78, 5) is 15.5. The Morgan fingerprint density at radius 2 is 2.13 bits per heavy atom. The molecule has 0 bridgehead atoms. The molecule has 1 amide bonds. The van der Waals surface area contributed by atoms with Crippen LogP contribution in [0.5, 0.6) is 0 Å². The zero-order valence-electron chi connectivity index (χ0n) is 13.7. The molecule has 23 heavy (non-hydrogen) atoms. The van der Waals surface area contributed by atoms with Gasteiger partial charge in [-0.1, -0.05) is 6.92 Å². The van der Waals surface area contributed by atoms with Crippen molar-refractivity contribution in [2.45, 2.75) is 26.7 Å². The second kappa shape index (κ2) is 6.97. The maximum atomic E-state index is 13.4. The highest BCUT2D eigenvalue weighted by atomic mass is 32.1. The zero-order valence-corrected chi connectivity index (χ0v) is 14.5. The number of nitrogens with zero attached hydrogens (tertiary/aromatic N) is 1. The van der Waals surface area contributed by atoms with Crippen molar-refractivity contribution in [3.05, 3.63) is 34.5 Å². The second-order valence-corrected chi connectivity index (χ2v) is 7.29. The fourth-order valence-electron chi connectivity index (χ4n) is 3.23. The highest BCUT2D eigenvalue weighted by Gasteiger charge is 2.26. The Hall–Kier alpha value is -1.46. The van der Waals surface area contributed by atoms with Crippen LogP contribution >= 0.6 is 11.3 Å². The Kier molecular flexibility index (Phi) is 4.97. The Morgan fingerprint density at radius 3 is 2.83 bits per heavy atom. The smallest absolute Gasteiger partial charge is 0.264 e. The third-order valence-electron chi connectivity index (χ3n) is 4.68. The highest BCUT2D eigenvalue weighted by Crippen LogP contribution is 2.33. The van der Waals surface area contributed by atoms with Crippen molar-refractivity contribution >= 4 is 27.3 Å². The Labute approximate surface area is 140 Å². The molecular weight excluding hydrogens is 311 g/mol. The van der Waals surface area contributed by atoms with Crippen LogP contribution in [0.4, 0.5) is 4.39 Å². The molecule has 1 N–H and O–H groups in total. The first-order valence-electron chi connectivity index (χ1n) is 8.28. The second-order valence-electron chi connectivity index (χ2n) is 6.24. The van der Waals surface area contributed by atoms with E-state index in [2.05, 4.69) is 12.2 Å². The van der Waals surface area contributed by atoms with E-state index in [1.807, 2.05) is 11.8 Å². The van der Waals surface area contributed by atoms with Crippen molar-refractivity contribution in [3.8, 4) is 0 Å². The Bertz CT molecular complexity index is 704. The van der Waals surface area contributed by atoms with Crippen LogP contribution in [0.1, 0.15) is 35.0 Å². The van der Waals surface area contributed by atoms with Crippen molar-refractivity contribution in [1.29, 1.82) is 0 Å². The highest BCUT2D eigenvalue weighted by molar-refractivity contribution is 7.21. The molecule has 0 radical (unpaired) electrons. The largest absolute Gasteiger partial charge is 0.338 e. The van der Waals surface area contributed by atoms with Gasteiger partial charge < -0.3 is 10.2 Å². The van der Waals surface area contributed by atoms with Crippen molar-refractivity contribution < 1.29 is 9.18 Å². The standard InChI is InChI=1S/C18H23FN2OS/c1-3-20-11-13-6-8-21(9-7-13)18(22)17-12(2)15-10-14(19)4-5-16(15)23-17/h4-5,10,13,20H,3,6-9,11H2,1-2H3. The number of fused-ring (bicyclic) bond motifs is 1. The van der Waals surface area contributed by atoms with Gasteiger partial charge in [0.2, 0.25) is 0 Å². The van der Waals surface area contributed by atoms with Crippen LogP contribution in [0.3, 0.4) is 0 Å². The van der Waals surface area contributed by atoms with E-state index in [-0.39, 0.29) is 11.7 Å². The molecule has 124 valence electrons. The number of benzene rings is 1. The molecular formula is C18H23FN2OS. The molecule has 1 aromatic carbocycles. The number of piperidine rings is 1.